The maximum absolute atomic E-state index is 11.5. The second kappa shape index (κ2) is 5.17. The molecule has 0 radical (unpaired) electrons. The van der Waals surface area contributed by atoms with Crippen molar-refractivity contribution in [1.29, 1.82) is 0 Å². The van der Waals surface area contributed by atoms with E-state index < -0.39 is 15.8 Å². The highest BCUT2D eigenvalue weighted by Crippen LogP contribution is 2.30. The van der Waals surface area contributed by atoms with Gasteiger partial charge in [-0.15, -0.1) is 0 Å². The Balaban J connectivity index is 2.56. The molecule has 19 heavy (non-hydrogen) atoms. The average molecular weight is 280 g/mol. The van der Waals surface area contributed by atoms with E-state index in [1.54, 1.807) is 6.07 Å². The van der Waals surface area contributed by atoms with Crippen LogP contribution < -0.4 is 0 Å². The molecule has 1 aromatic rings. The maximum atomic E-state index is 11.5. The Hall–Kier alpha value is -1.62. The third kappa shape index (κ3) is 3.04. The summed E-state index contributed by atoms with van der Waals surface area (Å²) in [5.74, 6) is -1.09. The number of hydrogen-bond acceptors (Lipinski definition) is 3. The lowest BCUT2D eigenvalue weighted by Gasteiger charge is -2.15. The molecule has 0 atom stereocenters. The summed E-state index contributed by atoms with van der Waals surface area (Å²) >= 11 is 0. The van der Waals surface area contributed by atoms with Crippen LogP contribution in [-0.4, -0.2) is 25.7 Å². The van der Waals surface area contributed by atoms with E-state index in [1.807, 2.05) is 6.08 Å². The van der Waals surface area contributed by atoms with Crippen molar-refractivity contribution >= 4 is 21.4 Å². The van der Waals surface area contributed by atoms with Crippen LogP contribution >= 0.6 is 0 Å². The number of benzene rings is 1. The van der Waals surface area contributed by atoms with Crippen molar-refractivity contribution in [2.45, 2.75) is 30.6 Å². The van der Waals surface area contributed by atoms with Gasteiger partial charge < -0.3 is 5.11 Å². The molecule has 0 saturated carbocycles. The molecule has 0 aromatic heterocycles. The van der Waals surface area contributed by atoms with E-state index in [0.29, 0.717) is 5.56 Å². The Morgan fingerprint density at radius 2 is 2.00 bits per heavy atom. The third-order valence-corrected chi connectivity index (χ3v) is 4.40. The summed E-state index contributed by atoms with van der Waals surface area (Å²) in [6.45, 7) is 0. The minimum absolute atomic E-state index is 0.0464. The van der Waals surface area contributed by atoms with Crippen LogP contribution in [0.3, 0.4) is 0 Å². The van der Waals surface area contributed by atoms with E-state index in [4.69, 9.17) is 0 Å². The molecule has 1 aliphatic carbocycles. The normalized spacial score (nSPS) is 15.9. The van der Waals surface area contributed by atoms with E-state index in [1.165, 1.54) is 12.1 Å². The van der Waals surface area contributed by atoms with E-state index in [0.717, 1.165) is 37.5 Å². The fraction of sp³-hybridized carbons (Fsp3) is 0.357. The van der Waals surface area contributed by atoms with Crippen LogP contribution in [0.1, 0.15) is 41.6 Å². The predicted molar refractivity (Wildman–Crippen MR) is 73.0 cm³/mol. The second-order valence-corrected chi connectivity index (χ2v) is 6.78. The average Bonchev–Trinajstić information content (AvgIpc) is 2.38. The largest absolute Gasteiger partial charge is 0.478 e. The van der Waals surface area contributed by atoms with Crippen LogP contribution in [0.2, 0.25) is 0 Å². The molecule has 1 aromatic carbocycles. The first-order chi connectivity index (χ1) is 8.89. The standard InChI is InChI=1S/C14H16O4S/c1-19(17,18)11-7-8-12(13(9-11)14(15)16)10-5-3-2-4-6-10/h5,7-9H,2-4,6H2,1H3,(H,15,16). The van der Waals surface area contributed by atoms with Gasteiger partial charge in [0.05, 0.1) is 10.5 Å². The van der Waals surface area contributed by atoms with Crippen LogP contribution in [0.5, 0.6) is 0 Å². The zero-order valence-electron chi connectivity index (χ0n) is 10.7. The minimum atomic E-state index is -3.39. The lowest BCUT2D eigenvalue weighted by molar-refractivity contribution is 0.0696. The summed E-state index contributed by atoms with van der Waals surface area (Å²) < 4.78 is 23.0. The quantitative estimate of drug-likeness (QED) is 0.924. The Kier molecular flexibility index (Phi) is 3.75. The highest BCUT2D eigenvalue weighted by molar-refractivity contribution is 7.90. The number of carboxylic acid groups (broad SMARTS) is 1. The molecule has 0 spiro atoms. The minimum Gasteiger partial charge on any atom is -0.478 e. The zero-order chi connectivity index (χ0) is 14.0. The number of carboxylic acids is 1. The van der Waals surface area contributed by atoms with Gasteiger partial charge in [0.2, 0.25) is 0 Å². The van der Waals surface area contributed by atoms with E-state index in [9.17, 15) is 18.3 Å². The van der Waals surface area contributed by atoms with Crippen molar-refractivity contribution in [3.8, 4) is 0 Å². The first-order valence-corrected chi connectivity index (χ1v) is 8.05. The number of carbonyl (C=O) groups is 1. The van der Waals surface area contributed by atoms with Crippen molar-refractivity contribution < 1.29 is 18.3 Å². The van der Waals surface area contributed by atoms with Crippen LogP contribution in [0.25, 0.3) is 5.57 Å². The first kappa shape index (κ1) is 13.8. The van der Waals surface area contributed by atoms with E-state index >= 15 is 0 Å². The maximum Gasteiger partial charge on any atom is 0.336 e. The van der Waals surface area contributed by atoms with Gasteiger partial charge in [-0.25, -0.2) is 13.2 Å². The van der Waals surface area contributed by atoms with E-state index in [-0.39, 0.29) is 10.5 Å². The SMILES string of the molecule is CS(=O)(=O)c1ccc(C2=CCCCC2)c(C(=O)O)c1. The summed E-state index contributed by atoms with van der Waals surface area (Å²) in [4.78, 5) is 11.4. The molecule has 0 heterocycles. The van der Waals surface area contributed by atoms with Gasteiger partial charge in [0.25, 0.3) is 0 Å². The fourth-order valence-corrected chi connectivity index (χ4v) is 2.94. The Morgan fingerprint density at radius 1 is 1.26 bits per heavy atom. The topological polar surface area (TPSA) is 71.4 Å². The summed E-state index contributed by atoms with van der Waals surface area (Å²) in [7, 11) is -3.39. The molecule has 2 rings (SSSR count). The molecule has 0 aliphatic heterocycles. The lowest BCUT2D eigenvalue weighted by Crippen LogP contribution is -2.07. The molecule has 0 bridgehead atoms. The zero-order valence-corrected chi connectivity index (χ0v) is 11.5. The van der Waals surface area contributed by atoms with Gasteiger partial charge in [-0.3, -0.25) is 0 Å². The van der Waals surface area contributed by atoms with Gasteiger partial charge in [0.1, 0.15) is 0 Å². The van der Waals surface area contributed by atoms with E-state index in [2.05, 4.69) is 0 Å². The van der Waals surface area contributed by atoms with Crippen molar-refractivity contribution in [2.75, 3.05) is 6.26 Å². The Morgan fingerprint density at radius 3 is 2.53 bits per heavy atom. The number of allylic oxidation sites excluding steroid dienone is 2. The highest BCUT2D eigenvalue weighted by atomic mass is 32.2. The molecule has 5 heteroatoms. The van der Waals surface area contributed by atoms with Crippen molar-refractivity contribution in [3.63, 3.8) is 0 Å². The van der Waals surface area contributed by atoms with Crippen molar-refractivity contribution in [3.05, 3.63) is 35.4 Å². The molecule has 102 valence electrons. The fourth-order valence-electron chi connectivity index (χ4n) is 2.29. The molecule has 0 saturated heterocycles. The Labute approximate surface area is 112 Å². The smallest absolute Gasteiger partial charge is 0.336 e. The van der Waals surface area contributed by atoms with Crippen LogP contribution in [0, 0.1) is 0 Å². The van der Waals surface area contributed by atoms with Gasteiger partial charge >= 0.3 is 5.97 Å². The van der Waals surface area contributed by atoms with Gasteiger partial charge in [-0.1, -0.05) is 12.1 Å². The number of hydrogen-bond donors (Lipinski definition) is 1. The van der Waals surface area contributed by atoms with Gasteiger partial charge in [-0.2, -0.15) is 0 Å². The molecular formula is C14H16O4S. The molecule has 0 unspecified atom stereocenters. The predicted octanol–water partition coefficient (Wildman–Crippen LogP) is 2.75. The molecule has 0 fully saturated rings. The molecule has 1 N–H and O–H groups in total. The molecule has 4 nitrogen and oxygen atoms in total. The third-order valence-electron chi connectivity index (χ3n) is 3.29. The van der Waals surface area contributed by atoms with Crippen LogP contribution in [-0.2, 0) is 9.84 Å². The van der Waals surface area contributed by atoms with Crippen molar-refractivity contribution in [1.82, 2.24) is 0 Å². The summed E-state index contributed by atoms with van der Waals surface area (Å²) in [6, 6.07) is 4.34. The monoisotopic (exact) mass is 280 g/mol. The molecule has 1 aliphatic rings. The number of sulfone groups is 1. The summed E-state index contributed by atoms with van der Waals surface area (Å²) in [5, 5.41) is 9.26. The van der Waals surface area contributed by atoms with Gasteiger partial charge in [0.15, 0.2) is 9.84 Å². The first-order valence-electron chi connectivity index (χ1n) is 6.16. The summed E-state index contributed by atoms with van der Waals surface area (Å²) in [5.41, 5.74) is 1.71. The summed E-state index contributed by atoms with van der Waals surface area (Å²) in [6.07, 6.45) is 7.08. The number of aromatic carboxylic acids is 1. The van der Waals surface area contributed by atoms with Gasteiger partial charge in [-0.05, 0) is 49.0 Å². The second-order valence-electron chi connectivity index (χ2n) is 4.76. The number of rotatable bonds is 3. The lowest BCUT2D eigenvalue weighted by atomic mass is 9.91. The van der Waals surface area contributed by atoms with Crippen LogP contribution in [0.15, 0.2) is 29.2 Å². The highest BCUT2D eigenvalue weighted by Gasteiger charge is 2.18. The Bertz CT molecular complexity index is 641. The molecular weight excluding hydrogens is 264 g/mol. The van der Waals surface area contributed by atoms with Crippen LogP contribution in [0.4, 0.5) is 0 Å². The van der Waals surface area contributed by atoms with Gasteiger partial charge in [0, 0.05) is 6.26 Å². The van der Waals surface area contributed by atoms with Crippen molar-refractivity contribution in [2.24, 2.45) is 0 Å². The molecule has 0 amide bonds.